The molecule has 3 atom stereocenters. The van der Waals surface area contributed by atoms with Crippen molar-refractivity contribution in [2.75, 3.05) is 6.61 Å². The number of ether oxygens (including phenoxy) is 1. The average Bonchev–Trinajstić information content (AvgIpc) is 2.65. The SMILES string of the molecule is O=C1CCC(c2ccccc2)CC1CC(O)COCc1ccccc1. The molecule has 3 heteroatoms. The van der Waals surface area contributed by atoms with E-state index in [2.05, 4.69) is 12.1 Å². The van der Waals surface area contributed by atoms with Crippen LogP contribution in [0.5, 0.6) is 0 Å². The van der Waals surface area contributed by atoms with E-state index in [1.165, 1.54) is 5.56 Å². The van der Waals surface area contributed by atoms with Crippen LogP contribution in [0, 0.1) is 5.92 Å². The van der Waals surface area contributed by atoms with Gasteiger partial charge in [-0.1, -0.05) is 60.7 Å². The Hall–Kier alpha value is -1.97. The highest BCUT2D eigenvalue weighted by molar-refractivity contribution is 5.82. The van der Waals surface area contributed by atoms with Crippen molar-refractivity contribution in [3.05, 3.63) is 71.8 Å². The van der Waals surface area contributed by atoms with Gasteiger partial charge in [0.15, 0.2) is 0 Å². The van der Waals surface area contributed by atoms with Gasteiger partial charge in [-0.05, 0) is 36.3 Å². The number of aliphatic hydroxyl groups is 1. The van der Waals surface area contributed by atoms with E-state index in [9.17, 15) is 9.90 Å². The molecular weight excluding hydrogens is 312 g/mol. The van der Waals surface area contributed by atoms with Gasteiger partial charge in [0, 0.05) is 12.3 Å². The summed E-state index contributed by atoms with van der Waals surface area (Å²) in [5.74, 6) is 0.643. The van der Waals surface area contributed by atoms with Crippen molar-refractivity contribution in [3.63, 3.8) is 0 Å². The lowest BCUT2D eigenvalue weighted by Gasteiger charge is -2.29. The van der Waals surface area contributed by atoms with E-state index in [1.54, 1.807) is 0 Å². The first-order chi connectivity index (χ1) is 12.2. The van der Waals surface area contributed by atoms with Gasteiger partial charge in [-0.2, -0.15) is 0 Å². The summed E-state index contributed by atoms with van der Waals surface area (Å²) in [4.78, 5) is 12.2. The normalized spacial score (nSPS) is 21.9. The summed E-state index contributed by atoms with van der Waals surface area (Å²) in [7, 11) is 0. The number of carbonyl (C=O) groups is 1. The predicted octanol–water partition coefficient (Wildman–Crippen LogP) is 4.11. The van der Waals surface area contributed by atoms with Gasteiger partial charge < -0.3 is 9.84 Å². The zero-order valence-corrected chi connectivity index (χ0v) is 14.5. The Bertz CT molecular complexity index is 653. The fraction of sp³-hybridized carbons (Fsp3) is 0.409. The molecule has 0 saturated heterocycles. The second-order valence-electron chi connectivity index (χ2n) is 6.94. The van der Waals surface area contributed by atoms with Crippen molar-refractivity contribution in [1.29, 1.82) is 0 Å². The van der Waals surface area contributed by atoms with E-state index >= 15 is 0 Å². The molecule has 3 unspecified atom stereocenters. The zero-order chi connectivity index (χ0) is 17.5. The van der Waals surface area contributed by atoms with Gasteiger partial charge in [-0.3, -0.25) is 4.79 Å². The Morgan fingerprint density at radius 2 is 1.72 bits per heavy atom. The van der Waals surface area contributed by atoms with Crippen molar-refractivity contribution in [3.8, 4) is 0 Å². The van der Waals surface area contributed by atoms with E-state index in [0.29, 0.717) is 25.4 Å². The summed E-state index contributed by atoms with van der Waals surface area (Å²) >= 11 is 0. The molecule has 0 radical (unpaired) electrons. The monoisotopic (exact) mass is 338 g/mol. The topological polar surface area (TPSA) is 46.5 Å². The third kappa shape index (κ3) is 5.25. The summed E-state index contributed by atoms with van der Waals surface area (Å²) in [6.07, 6.45) is 2.27. The van der Waals surface area contributed by atoms with E-state index in [0.717, 1.165) is 18.4 Å². The molecule has 2 aromatic rings. The Morgan fingerprint density at radius 1 is 1.04 bits per heavy atom. The number of aliphatic hydroxyl groups excluding tert-OH is 1. The number of benzene rings is 2. The minimum absolute atomic E-state index is 0.0609. The molecule has 1 N–H and O–H groups in total. The summed E-state index contributed by atoms with van der Waals surface area (Å²) in [6.45, 7) is 0.762. The van der Waals surface area contributed by atoms with Gasteiger partial charge in [0.25, 0.3) is 0 Å². The third-order valence-corrected chi connectivity index (χ3v) is 5.01. The summed E-state index contributed by atoms with van der Waals surface area (Å²) in [5, 5.41) is 10.3. The molecule has 0 amide bonds. The lowest BCUT2D eigenvalue weighted by Crippen LogP contribution is -2.29. The maximum Gasteiger partial charge on any atom is 0.136 e. The van der Waals surface area contributed by atoms with E-state index in [-0.39, 0.29) is 18.3 Å². The molecule has 1 aliphatic carbocycles. The summed E-state index contributed by atoms with van der Waals surface area (Å²) in [5.41, 5.74) is 2.39. The Kier molecular flexibility index (Phi) is 6.37. The van der Waals surface area contributed by atoms with Gasteiger partial charge in [0.1, 0.15) is 5.78 Å². The van der Waals surface area contributed by atoms with Crippen LogP contribution in [-0.2, 0) is 16.1 Å². The van der Waals surface area contributed by atoms with Crippen LogP contribution >= 0.6 is 0 Å². The van der Waals surface area contributed by atoms with Crippen LogP contribution < -0.4 is 0 Å². The van der Waals surface area contributed by atoms with Crippen LogP contribution in [0.25, 0.3) is 0 Å². The maximum absolute atomic E-state index is 12.2. The van der Waals surface area contributed by atoms with Gasteiger partial charge in [0.2, 0.25) is 0 Å². The first-order valence-electron chi connectivity index (χ1n) is 9.09. The Balaban J connectivity index is 1.47. The molecule has 132 valence electrons. The number of rotatable bonds is 7. The molecule has 0 bridgehead atoms. The molecular formula is C22H26O3. The number of Topliss-reactive ketones (excluding diaryl/α,β-unsaturated/α-hetero) is 1. The minimum atomic E-state index is -0.591. The molecule has 3 rings (SSSR count). The standard InChI is InChI=1S/C22H26O3/c23-21(16-25-15-17-7-3-1-4-8-17)14-20-13-19(11-12-22(20)24)18-9-5-2-6-10-18/h1-10,19-21,23H,11-16H2. The number of carbonyl (C=O) groups excluding carboxylic acids is 1. The highest BCUT2D eigenvalue weighted by atomic mass is 16.5. The highest BCUT2D eigenvalue weighted by Gasteiger charge is 2.30. The molecule has 0 heterocycles. The fourth-order valence-electron chi connectivity index (χ4n) is 3.65. The van der Waals surface area contributed by atoms with Crippen molar-refractivity contribution < 1.29 is 14.6 Å². The third-order valence-electron chi connectivity index (χ3n) is 5.01. The van der Waals surface area contributed by atoms with Crippen molar-refractivity contribution in [2.45, 2.75) is 44.3 Å². The van der Waals surface area contributed by atoms with Crippen LogP contribution in [0.3, 0.4) is 0 Å². The molecule has 0 aromatic heterocycles. The molecule has 0 spiro atoms. The molecule has 25 heavy (non-hydrogen) atoms. The second-order valence-corrected chi connectivity index (χ2v) is 6.94. The summed E-state index contributed by atoms with van der Waals surface area (Å²) < 4.78 is 5.61. The molecule has 3 nitrogen and oxygen atoms in total. The molecule has 1 saturated carbocycles. The van der Waals surface area contributed by atoms with Crippen LogP contribution in [-0.4, -0.2) is 23.6 Å². The Morgan fingerprint density at radius 3 is 2.44 bits per heavy atom. The maximum atomic E-state index is 12.2. The molecule has 0 aliphatic heterocycles. The van der Waals surface area contributed by atoms with Gasteiger partial charge in [0.05, 0.1) is 19.3 Å². The lowest BCUT2D eigenvalue weighted by atomic mass is 9.75. The van der Waals surface area contributed by atoms with Gasteiger partial charge in [-0.15, -0.1) is 0 Å². The average molecular weight is 338 g/mol. The van der Waals surface area contributed by atoms with Crippen LogP contribution in [0.2, 0.25) is 0 Å². The number of hydrogen-bond acceptors (Lipinski definition) is 3. The van der Waals surface area contributed by atoms with Gasteiger partial charge >= 0.3 is 0 Å². The number of ketones is 1. The van der Waals surface area contributed by atoms with E-state index in [4.69, 9.17) is 4.74 Å². The minimum Gasteiger partial charge on any atom is -0.391 e. The van der Waals surface area contributed by atoms with E-state index < -0.39 is 6.10 Å². The quantitative estimate of drug-likeness (QED) is 0.826. The van der Waals surface area contributed by atoms with Crippen LogP contribution in [0.15, 0.2) is 60.7 Å². The first-order valence-corrected chi connectivity index (χ1v) is 9.09. The smallest absolute Gasteiger partial charge is 0.136 e. The Labute approximate surface area is 149 Å². The largest absolute Gasteiger partial charge is 0.391 e. The molecule has 2 aromatic carbocycles. The predicted molar refractivity (Wildman–Crippen MR) is 98.3 cm³/mol. The fourth-order valence-corrected chi connectivity index (χ4v) is 3.65. The molecule has 1 fully saturated rings. The summed E-state index contributed by atoms with van der Waals surface area (Å²) in [6, 6.07) is 20.3. The number of hydrogen-bond donors (Lipinski definition) is 1. The second kappa shape index (κ2) is 8.93. The first kappa shape index (κ1) is 17.8. The van der Waals surface area contributed by atoms with Crippen molar-refractivity contribution >= 4 is 5.78 Å². The molecule has 1 aliphatic rings. The van der Waals surface area contributed by atoms with Crippen LogP contribution in [0.4, 0.5) is 0 Å². The zero-order valence-electron chi connectivity index (χ0n) is 14.5. The van der Waals surface area contributed by atoms with Crippen LogP contribution in [0.1, 0.15) is 42.7 Å². The highest BCUT2D eigenvalue weighted by Crippen LogP contribution is 2.36. The van der Waals surface area contributed by atoms with Crippen molar-refractivity contribution in [1.82, 2.24) is 0 Å². The van der Waals surface area contributed by atoms with Crippen molar-refractivity contribution in [2.24, 2.45) is 5.92 Å². The lowest BCUT2D eigenvalue weighted by molar-refractivity contribution is -0.126. The van der Waals surface area contributed by atoms with Gasteiger partial charge in [-0.25, -0.2) is 0 Å². The van der Waals surface area contributed by atoms with E-state index in [1.807, 2.05) is 48.5 Å².